The van der Waals surface area contributed by atoms with Crippen molar-refractivity contribution in [2.75, 3.05) is 37.7 Å². The summed E-state index contributed by atoms with van der Waals surface area (Å²) in [4.78, 5) is 14.1. The molecule has 1 saturated heterocycles. The largest absolute Gasteiger partial charge is 0.396 e. The number of aliphatic hydroxyl groups excluding tert-OH is 1. The summed E-state index contributed by atoms with van der Waals surface area (Å²) < 4.78 is 2.18. The Morgan fingerprint density at radius 1 is 0.938 bits per heavy atom. The minimum atomic E-state index is 0.297. The molecule has 2 aromatic heterocycles. The standard InChI is InChI=1S/C26H35N5O/c1-22-18-24(31-15-13-29(14-16-31)19-23-8-4-5-11-27-23)9-10-25(22)26-20-30(21-28-26)12-6-2-3-7-17-32/h4-5,8-11,18,20-21,32H,2-3,6-7,12-17,19H2,1H3. The molecule has 3 aromatic rings. The Morgan fingerprint density at radius 2 is 1.78 bits per heavy atom. The molecule has 0 saturated carbocycles. The number of hydrogen-bond acceptors (Lipinski definition) is 5. The van der Waals surface area contributed by atoms with Gasteiger partial charge in [0.05, 0.1) is 17.7 Å². The summed E-state index contributed by atoms with van der Waals surface area (Å²) in [5.41, 5.74) is 5.97. The molecule has 6 heteroatoms. The molecule has 1 aromatic carbocycles. The highest BCUT2D eigenvalue weighted by Crippen LogP contribution is 2.27. The number of pyridine rings is 1. The van der Waals surface area contributed by atoms with Crippen LogP contribution in [0.4, 0.5) is 5.69 Å². The third-order valence-electron chi connectivity index (χ3n) is 6.29. The smallest absolute Gasteiger partial charge is 0.0953 e. The van der Waals surface area contributed by atoms with Crippen LogP contribution in [0.3, 0.4) is 0 Å². The van der Waals surface area contributed by atoms with Crippen molar-refractivity contribution < 1.29 is 5.11 Å². The minimum absolute atomic E-state index is 0.297. The van der Waals surface area contributed by atoms with Crippen molar-refractivity contribution in [3.05, 3.63) is 66.4 Å². The Balaban J connectivity index is 1.31. The normalized spacial score (nSPS) is 14.8. The number of anilines is 1. The topological polar surface area (TPSA) is 57.4 Å². The highest BCUT2D eigenvalue weighted by atomic mass is 16.2. The summed E-state index contributed by atoms with van der Waals surface area (Å²) in [5, 5.41) is 8.88. The van der Waals surface area contributed by atoms with E-state index in [4.69, 9.17) is 5.11 Å². The zero-order valence-corrected chi connectivity index (χ0v) is 19.2. The van der Waals surface area contributed by atoms with Gasteiger partial charge in [-0.25, -0.2) is 4.98 Å². The second-order valence-electron chi connectivity index (χ2n) is 8.72. The third-order valence-corrected chi connectivity index (χ3v) is 6.29. The van der Waals surface area contributed by atoms with E-state index in [0.717, 1.165) is 76.3 Å². The quantitative estimate of drug-likeness (QED) is 0.487. The van der Waals surface area contributed by atoms with Crippen molar-refractivity contribution in [2.24, 2.45) is 0 Å². The van der Waals surface area contributed by atoms with Crippen molar-refractivity contribution in [1.82, 2.24) is 19.4 Å². The molecule has 0 spiro atoms. The zero-order chi connectivity index (χ0) is 22.2. The zero-order valence-electron chi connectivity index (χ0n) is 19.2. The lowest BCUT2D eigenvalue weighted by atomic mass is 10.0. The van der Waals surface area contributed by atoms with Gasteiger partial charge >= 0.3 is 0 Å². The monoisotopic (exact) mass is 433 g/mol. The molecule has 1 aliphatic heterocycles. The summed E-state index contributed by atoms with van der Waals surface area (Å²) in [7, 11) is 0. The van der Waals surface area contributed by atoms with E-state index in [2.05, 4.69) is 67.8 Å². The molecule has 0 unspecified atom stereocenters. The number of nitrogens with zero attached hydrogens (tertiary/aromatic N) is 5. The summed E-state index contributed by atoms with van der Waals surface area (Å²) in [6.45, 7) is 8.58. The van der Waals surface area contributed by atoms with Crippen LogP contribution in [-0.4, -0.2) is 57.3 Å². The SMILES string of the molecule is Cc1cc(N2CCN(Cc3ccccn3)CC2)ccc1-c1cn(CCCCCCO)cn1. The molecule has 1 N–H and O–H groups in total. The number of imidazole rings is 1. The van der Waals surface area contributed by atoms with E-state index < -0.39 is 0 Å². The summed E-state index contributed by atoms with van der Waals surface area (Å²) in [6.07, 6.45) is 10.2. The molecule has 170 valence electrons. The van der Waals surface area contributed by atoms with Crippen molar-refractivity contribution in [3.8, 4) is 11.3 Å². The van der Waals surface area contributed by atoms with Crippen LogP contribution in [0.15, 0.2) is 55.1 Å². The number of piperazine rings is 1. The fourth-order valence-corrected chi connectivity index (χ4v) is 4.40. The van der Waals surface area contributed by atoms with Gasteiger partial charge in [-0.2, -0.15) is 0 Å². The molecule has 3 heterocycles. The van der Waals surface area contributed by atoms with Gasteiger partial charge in [-0.05, 0) is 49.6 Å². The fourth-order valence-electron chi connectivity index (χ4n) is 4.40. The van der Waals surface area contributed by atoms with Crippen molar-refractivity contribution in [1.29, 1.82) is 0 Å². The minimum Gasteiger partial charge on any atom is -0.396 e. The van der Waals surface area contributed by atoms with Crippen molar-refractivity contribution in [2.45, 2.75) is 45.7 Å². The van der Waals surface area contributed by atoms with Crippen molar-refractivity contribution >= 4 is 5.69 Å². The van der Waals surface area contributed by atoms with Crippen LogP contribution in [0.1, 0.15) is 36.9 Å². The van der Waals surface area contributed by atoms with Crippen LogP contribution in [0.25, 0.3) is 11.3 Å². The number of aromatic nitrogens is 3. The first-order valence-electron chi connectivity index (χ1n) is 11.8. The van der Waals surface area contributed by atoms with Gasteiger partial charge in [0.2, 0.25) is 0 Å². The second-order valence-corrected chi connectivity index (χ2v) is 8.72. The predicted molar refractivity (Wildman–Crippen MR) is 130 cm³/mol. The molecule has 1 fully saturated rings. The number of rotatable bonds is 10. The van der Waals surface area contributed by atoms with Crippen LogP contribution in [0.2, 0.25) is 0 Å². The highest BCUT2D eigenvalue weighted by molar-refractivity contribution is 5.67. The molecule has 0 amide bonds. The molecule has 4 rings (SSSR count). The van der Waals surface area contributed by atoms with E-state index >= 15 is 0 Å². The first-order valence-corrected chi connectivity index (χ1v) is 11.8. The van der Waals surface area contributed by atoms with E-state index in [-0.39, 0.29) is 0 Å². The third kappa shape index (κ3) is 5.96. The van der Waals surface area contributed by atoms with Gasteiger partial charge in [0.25, 0.3) is 0 Å². The van der Waals surface area contributed by atoms with E-state index in [1.54, 1.807) is 0 Å². The average Bonchev–Trinajstić information content (AvgIpc) is 3.29. The number of aryl methyl sites for hydroxylation is 2. The lowest BCUT2D eigenvalue weighted by molar-refractivity contribution is 0.247. The van der Waals surface area contributed by atoms with Gasteiger partial charge in [-0.3, -0.25) is 9.88 Å². The maximum atomic E-state index is 8.88. The Bertz CT molecular complexity index is 963. The van der Waals surface area contributed by atoms with Crippen LogP contribution in [0.5, 0.6) is 0 Å². The second kappa shape index (κ2) is 11.2. The number of unbranched alkanes of at least 4 members (excludes halogenated alkanes) is 3. The summed E-state index contributed by atoms with van der Waals surface area (Å²) in [5.74, 6) is 0. The van der Waals surface area contributed by atoms with E-state index in [1.807, 2.05) is 18.6 Å². The molecular formula is C26H35N5O. The molecule has 6 nitrogen and oxygen atoms in total. The summed E-state index contributed by atoms with van der Waals surface area (Å²) in [6, 6.07) is 12.9. The van der Waals surface area contributed by atoms with E-state index in [1.165, 1.54) is 16.8 Å². The Kier molecular flexibility index (Phi) is 7.91. The first-order chi connectivity index (χ1) is 15.7. The maximum absolute atomic E-state index is 8.88. The van der Waals surface area contributed by atoms with Crippen LogP contribution in [-0.2, 0) is 13.1 Å². The van der Waals surface area contributed by atoms with E-state index in [9.17, 15) is 0 Å². The summed E-state index contributed by atoms with van der Waals surface area (Å²) >= 11 is 0. The van der Waals surface area contributed by atoms with Gasteiger partial charge in [-0.1, -0.05) is 25.0 Å². The lowest BCUT2D eigenvalue weighted by Crippen LogP contribution is -2.46. The predicted octanol–water partition coefficient (Wildman–Crippen LogP) is 4.13. The van der Waals surface area contributed by atoms with Gasteiger partial charge < -0.3 is 14.6 Å². The first kappa shape index (κ1) is 22.5. The number of hydrogen-bond donors (Lipinski definition) is 1. The van der Waals surface area contributed by atoms with Gasteiger partial charge in [-0.15, -0.1) is 0 Å². The fraction of sp³-hybridized carbons (Fsp3) is 0.462. The van der Waals surface area contributed by atoms with E-state index in [0.29, 0.717) is 6.61 Å². The lowest BCUT2D eigenvalue weighted by Gasteiger charge is -2.36. The van der Waals surface area contributed by atoms with Gasteiger partial charge in [0.1, 0.15) is 0 Å². The average molecular weight is 434 g/mol. The molecule has 32 heavy (non-hydrogen) atoms. The molecule has 0 bridgehead atoms. The molecule has 0 atom stereocenters. The molecule has 0 aliphatic carbocycles. The Hall–Kier alpha value is -2.70. The van der Waals surface area contributed by atoms with Gasteiger partial charge in [0, 0.05) is 69.5 Å². The molecule has 1 aliphatic rings. The Morgan fingerprint density at radius 3 is 2.53 bits per heavy atom. The maximum Gasteiger partial charge on any atom is 0.0953 e. The molecule has 0 radical (unpaired) electrons. The number of aliphatic hydroxyl groups is 1. The van der Waals surface area contributed by atoms with Crippen LogP contribution < -0.4 is 4.90 Å². The van der Waals surface area contributed by atoms with Crippen LogP contribution in [0, 0.1) is 6.92 Å². The van der Waals surface area contributed by atoms with Crippen LogP contribution >= 0.6 is 0 Å². The Labute approximate surface area is 191 Å². The highest BCUT2D eigenvalue weighted by Gasteiger charge is 2.18. The van der Waals surface area contributed by atoms with Gasteiger partial charge in [0.15, 0.2) is 0 Å². The van der Waals surface area contributed by atoms with Crippen molar-refractivity contribution in [3.63, 3.8) is 0 Å². The molecular weight excluding hydrogens is 398 g/mol. The number of benzene rings is 1.